The first-order valence-corrected chi connectivity index (χ1v) is 9.20. The maximum Gasteiger partial charge on any atom is 0.237 e. The van der Waals surface area contributed by atoms with Crippen LogP contribution in [0, 0.1) is 0 Å². The molecule has 1 unspecified atom stereocenters. The summed E-state index contributed by atoms with van der Waals surface area (Å²) < 4.78 is 0. The number of nitrogens with zero attached hydrogens (tertiary/aromatic N) is 1. The maximum atomic E-state index is 12.5. The topological polar surface area (TPSA) is 32.3 Å². The minimum absolute atomic E-state index is 0.0713. The number of nitrogens with one attached hydrogen (secondary N) is 1. The van der Waals surface area contributed by atoms with Gasteiger partial charge in [-0.3, -0.25) is 9.69 Å². The summed E-state index contributed by atoms with van der Waals surface area (Å²) in [4.78, 5) is 16.3. The monoisotopic (exact) mass is 306 g/mol. The summed E-state index contributed by atoms with van der Waals surface area (Å²) in [6.07, 6.45) is 9.72. The molecular weight excluding hydrogens is 280 g/mol. The first-order valence-electron chi connectivity index (χ1n) is 8.32. The van der Waals surface area contributed by atoms with Gasteiger partial charge >= 0.3 is 0 Å². The minimum atomic E-state index is 0.0713. The molecule has 1 N–H and O–H groups in total. The number of carbonyl (C=O) groups is 1. The van der Waals surface area contributed by atoms with Gasteiger partial charge < -0.3 is 5.32 Å². The molecule has 1 aromatic heterocycles. The van der Waals surface area contributed by atoms with E-state index in [2.05, 4.69) is 22.6 Å². The summed E-state index contributed by atoms with van der Waals surface area (Å²) >= 11 is 1.88. The Hall–Kier alpha value is -0.870. The van der Waals surface area contributed by atoms with Crippen LogP contribution in [-0.2, 0) is 24.2 Å². The fourth-order valence-corrected chi connectivity index (χ4v) is 4.74. The molecule has 1 atom stereocenters. The van der Waals surface area contributed by atoms with E-state index in [9.17, 15) is 4.79 Å². The Morgan fingerprint density at radius 1 is 1.29 bits per heavy atom. The van der Waals surface area contributed by atoms with Crippen LogP contribution < -0.4 is 5.32 Å². The zero-order valence-corrected chi connectivity index (χ0v) is 13.8. The van der Waals surface area contributed by atoms with Crippen LogP contribution in [0.25, 0.3) is 0 Å². The minimum Gasteiger partial charge on any atom is -0.351 e. The fraction of sp³-hybridized carbons (Fsp3) is 0.706. The lowest BCUT2D eigenvalue weighted by Crippen LogP contribution is -2.44. The van der Waals surface area contributed by atoms with Gasteiger partial charge in [0.05, 0.1) is 6.04 Å². The molecule has 3 nitrogen and oxygen atoms in total. The molecule has 4 heteroatoms. The number of likely N-dealkylation sites (N-methyl/N-ethyl adjacent to an activating group) is 1. The molecule has 0 saturated carbocycles. The van der Waals surface area contributed by atoms with E-state index in [1.165, 1.54) is 56.1 Å². The van der Waals surface area contributed by atoms with Gasteiger partial charge in [-0.15, -0.1) is 11.3 Å². The van der Waals surface area contributed by atoms with E-state index in [0.717, 1.165) is 19.5 Å². The normalized spacial score (nSPS) is 23.4. The number of aryl methyl sites for hydroxylation is 1. The average Bonchev–Trinajstić information content (AvgIpc) is 2.79. The first kappa shape index (κ1) is 15.0. The van der Waals surface area contributed by atoms with Crippen molar-refractivity contribution in [2.24, 2.45) is 0 Å². The molecule has 0 radical (unpaired) electrons. The number of carbonyl (C=O) groups excluding carboxylic acids is 1. The van der Waals surface area contributed by atoms with Crippen molar-refractivity contribution < 1.29 is 4.79 Å². The lowest BCUT2D eigenvalue weighted by molar-refractivity contribution is -0.126. The molecule has 1 aliphatic carbocycles. The number of thiophene rings is 1. The van der Waals surface area contributed by atoms with Gasteiger partial charge in [0.2, 0.25) is 5.91 Å². The molecular formula is C17H26N2OS. The van der Waals surface area contributed by atoms with Gasteiger partial charge in [-0.2, -0.15) is 0 Å². The molecule has 2 aliphatic rings. The zero-order valence-electron chi connectivity index (χ0n) is 13.0. The lowest BCUT2D eigenvalue weighted by atomic mass is 9.96. The highest BCUT2D eigenvalue weighted by Gasteiger charge is 2.25. The van der Waals surface area contributed by atoms with Crippen LogP contribution in [0.15, 0.2) is 5.38 Å². The number of likely N-dealkylation sites (tertiary alicyclic amines) is 1. The van der Waals surface area contributed by atoms with Crippen LogP contribution in [0.1, 0.15) is 54.5 Å². The third-order valence-electron chi connectivity index (χ3n) is 4.92. The van der Waals surface area contributed by atoms with Crippen molar-refractivity contribution in [2.45, 2.75) is 64.0 Å². The molecule has 3 rings (SSSR count). The summed E-state index contributed by atoms with van der Waals surface area (Å²) in [5.74, 6) is 0.218. The van der Waals surface area contributed by atoms with Crippen LogP contribution in [0.5, 0.6) is 0 Å². The van der Waals surface area contributed by atoms with E-state index in [-0.39, 0.29) is 11.9 Å². The van der Waals surface area contributed by atoms with Crippen molar-refractivity contribution in [1.29, 1.82) is 0 Å². The van der Waals surface area contributed by atoms with Crippen molar-refractivity contribution in [2.75, 3.05) is 13.6 Å². The largest absolute Gasteiger partial charge is 0.351 e. The summed E-state index contributed by atoms with van der Waals surface area (Å²) in [7, 11) is 2.09. The van der Waals surface area contributed by atoms with Gasteiger partial charge in [-0.25, -0.2) is 0 Å². The Balaban J connectivity index is 1.59. The molecule has 0 bridgehead atoms. The molecule has 1 amide bonds. The summed E-state index contributed by atoms with van der Waals surface area (Å²) in [6.45, 7) is 1.76. The molecule has 0 aromatic carbocycles. The van der Waals surface area contributed by atoms with E-state index in [0.29, 0.717) is 0 Å². The van der Waals surface area contributed by atoms with E-state index >= 15 is 0 Å². The zero-order chi connectivity index (χ0) is 14.7. The Kier molecular flexibility index (Phi) is 4.96. The van der Waals surface area contributed by atoms with Gasteiger partial charge in [0, 0.05) is 11.4 Å². The predicted molar refractivity (Wildman–Crippen MR) is 87.7 cm³/mol. The van der Waals surface area contributed by atoms with Crippen LogP contribution in [0.2, 0.25) is 0 Å². The summed E-state index contributed by atoms with van der Waals surface area (Å²) in [6, 6.07) is 0.0713. The smallest absolute Gasteiger partial charge is 0.237 e. The van der Waals surface area contributed by atoms with Crippen molar-refractivity contribution in [3.05, 3.63) is 21.4 Å². The second-order valence-corrected chi connectivity index (χ2v) is 7.40. The van der Waals surface area contributed by atoms with Gasteiger partial charge in [-0.1, -0.05) is 12.8 Å². The van der Waals surface area contributed by atoms with Crippen molar-refractivity contribution in [3.63, 3.8) is 0 Å². The van der Waals surface area contributed by atoms with Crippen molar-refractivity contribution in [1.82, 2.24) is 10.2 Å². The van der Waals surface area contributed by atoms with E-state index in [1.54, 1.807) is 4.88 Å². The first-order chi connectivity index (χ1) is 10.3. The van der Waals surface area contributed by atoms with Crippen molar-refractivity contribution in [3.8, 4) is 0 Å². The number of hydrogen-bond donors (Lipinski definition) is 1. The maximum absolute atomic E-state index is 12.5. The quantitative estimate of drug-likeness (QED) is 0.930. The highest BCUT2D eigenvalue weighted by molar-refractivity contribution is 7.10. The van der Waals surface area contributed by atoms with Gasteiger partial charge in [0.15, 0.2) is 0 Å². The molecule has 21 heavy (non-hydrogen) atoms. The fourth-order valence-electron chi connectivity index (χ4n) is 3.59. The van der Waals surface area contributed by atoms with Crippen LogP contribution in [0.3, 0.4) is 0 Å². The third-order valence-corrected chi connectivity index (χ3v) is 6.06. The van der Waals surface area contributed by atoms with Crippen LogP contribution in [0.4, 0.5) is 0 Å². The second-order valence-electron chi connectivity index (χ2n) is 6.43. The summed E-state index contributed by atoms with van der Waals surface area (Å²) in [5, 5.41) is 5.45. The van der Waals surface area contributed by atoms with E-state index in [1.807, 2.05) is 11.3 Å². The SMILES string of the molecule is CN1CCCCCC1C(=O)NCc1csc2c1CCCC2. The van der Waals surface area contributed by atoms with Gasteiger partial charge in [0.25, 0.3) is 0 Å². The highest BCUT2D eigenvalue weighted by Crippen LogP contribution is 2.30. The second kappa shape index (κ2) is 6.93. The Morgan fingerprint density at radius 3 is 3.05 bits per heavy atom. The summed E-state index contributed by atoms with van der Waals surface area (Å²) in [5.41, 5.74) is 2.89. The Labute approximate surface area is 131 Å². The number of fused-ring (bicyclic) bond motifs is 1. The lowest BCUT2D eigenvalue weighted by Gasteiger charge is -2.24. The Morgan fingerprint density at radius 2 is 2.14 bits per heavy atom. The van der Waals surface area contributed by atoms with Gasteiger partial charge in [0.1, 0.15) is 0 Å². The van der Waals surface area contributed by atoms with E-state index in [4.69, 9.17) is 0 Å². The highest BCUT2D eigenvalue weighted by atomic mass is 32.1. The van der Waals surface area contributed by atoms with Crippen molar-refractivity contribution >= 4 is 17.2 Å². The molecule has 2 heterocycles. The van der Waals surface area contributed by atoms with Gasteiger partial charge in [-0.05, 0) is 68.6 Å². The molecule has 1 fully saturated rings. The third kappa shape index (κ3) is 3.49. The molecule has 1 saturated heterocycles. The van der Waals surface area contributed by atoms with Crippen LogP contribution >= 0.6 is 11.3 Å². The molecule has 1 aliphatic heterocycles. The van der Waals surface area contributed by atoms with Crippen LogP contribution in [-0.4, -0.2) is 30.4 Å². The molecule has 0 spiro atoms. The molecule has 1 aromatic rings. The average molecular weight is 306 g/mol. The number of rotatable bonds is 3. The molecule has 116 valence electrons. The number of amides is 1. The predicted octanol–water partition coefficient (Wildman–Crippen LogP) is 3.12. The number of hydrogen-bond acceptors (Lipinski definition) is 3. The standard InChI is InChI=1S/C17H26N2OS/c1-19-10-6-2-3-8-15(19)17(20)18-11-13-12-21-16-9-5-4-7-14(13)16/h12,15H,2-11H2,1H3,(H,18,20). The Bertz CT molecular complexity index is 497. The van der Waals surface area contributed by atoms with E-state index < -0.39 is 0 Å².